The highest BCUT2D eigenvalue weighted by Crippen LogP contribution is 2.30. The van der Waals surface area contributed by atoms with Gasteiger partial charge in [-0.3, -0.25) is 4.79 Å². The van der Waals surface area contributed by atoms with Gasteiger partial charge in [-0.05, 0) is 54.2 Å². The number of rotatable bonds is 7. The summed E-state index contributed by atoms with van der Waals surface area (Å²) in [5.74, 6) is 0.709. The van der Waals surface area contributed by atoms with Gasteiger partial charge in [0.25, 0.3) is 10.0 Å². The van der Waals surface area contributed by atoms with Crippen molar-refractivity contribution >= 4 is 43.2 Å². The second kappa shape index (κ2) is 8.80. The molecule has 0 radical (unpaired) electrons. The van der Waals surface area contributed by atoms with Gasteiger partial charge >= 0.3 is 0 Å². The van der Waals surface area contributed by atoms with Crippen LogP contribution in [0.1, 0.15) is 31.0 Å². The molecule has 27 heavy (non-hydrogen) atoms. The maximum Gasteiger partial charge on any atom is 0.252 e. The van der Waals surface area contributed by atoms with E-state index in [9.17, 15) is 13.2 Å². The topological polar surface area (TPSA) is 105 Å². The Hall–Kier alpha value is -1.30. The normalized spacial score (nSPS) is 18.5. The first-order valence-corrected chi connectivity index (χ1v) is 11.7. The minimum absolute atomic E-state index is 0.107. The van der Waals surface area contributed by atoms with Crippen molar-refractivity contribution in [2.24, 2.45) is 5.92 Å². The van der Waals surface area contributed by atoms with Crippen molar-refractivity contribution in [1.82, 2.24) is 19.8 Å². The number of carbonyl (C=O) groups excluding carboxylic acids is 1. The van der Waals surface area contributed by atoms with Gasteiger partial charge in [0, 0.05) is 26.1 Å². The molecule has 148 valence electrons. The van der Waals surface area contributed by atoms with Gasteiger partial charge < -0.3 is 9.84 Å². The van der Waals surface area contributed by atoms with Crippen molar-refractivity contribution in [3.8, 4) is 0 Å². The largest absolute Gasteiger partial charge is 0.356 e. The highest BCUT2D eigenvalue weighted by molar-refractivity contribution is 9.11. The van der Waals surface area contributed by atoms with Crippen LogP contribution in [-0.4, -0.2) is 48.4 Å². The lowest BCUT2D eigenvalue weighted by atomic mass is 9.99. The molecule has 1 fully saturated rings. The smallest absolute Gasteiger partial charge is 0.252 e. The summed E-state index contributed by atoms with van der Waals surface area (Å²) in [5.41, 5.74) is 0. The van der Waals surface area contributed by atoms with Crippen molar-refractivity contribution in [1.29, 1.82) is 0 Å². The van der Waals surface area contributed by atoms with E-state index in [-0.39, 0.29) is 18.4 Å². The highest BCUT2D eigenvalue weighted by Gasteiger charge is 2.33. The molecule has 0 spiro atoms. The molecule has 3 rings (SSSR count). The highest BCUT2D eigenvalue weighted by atomic mass is 79.9. The van der Waals surface area contributed by atoms with Crippen LogP contribution in [0.2, 0.25) is 0 Å². The van der Waals surface area contributed by atoms with Crippen LogP contribution in [0.3, 0.4) is 0 Å². The summed E-state index contributed by atoms with van der Waals surface area (Å²) in [5, 5.41) is 6.61. The van der Waals surface area contributed by atoms with Gasteiger partial charge in [-0.15, -0.1) is 11.3 Å². The Balaban J connectivity index is 1.50. The minimum Gasteiger partial charge on any atom is -0.356 e. The van der Waals surface area contributed by atoms with Gasteiger partial charge in [-0.2, -0.15) is 9.29 Å². The van der Waals surface area contributed by atoms with Crippen LogP contribution in [0.4, 0.5) is 0 Å². The fourth-order valence-corrected chi connectivity index (χ4v) is 6.66. The van der Waals surface area contributed by atoms with Gasteiger partial charge in [-0.1, -0.05) is 5.16 Å². The van der Waals surface area contributed by atoms with E-state index in [2.05, 4.69) is 31.4 Å². The molecule has 1 unspecified atom stereocenters. The first-order chi connectivity index (χ1) is 12.9. The van der Waals surface area contributed by atoms with Gasteiger partial charge in [0.15, 0.2) is 5.82 Å². The number of aryl methyl sites for hydroxylation is 2. The second-order valence-electron chi connectivity index (χ2n) is 6.39. The van der Waals surface area contributed by atoms with Crippen LogP contribution in [-0.2, 0) is 21.2 Å². The van der Waals surface area contributed by atoms with E-state index in [1.807, 2.05) is 0 Å². The van der Waals surface area contributed by atoms with E-state index in [0.717, 1.165) is 3.79 Å². The Morgan fingerprint density at radius 2 is 2.30 bits per heavy atom. The molecule has 2 aromatic rings. The third-order valence-corrected chi connectivity index (χ3v) is 8.29. The second-order valence-corrected chi connectivity index (χ2v) is 11.0. The predicted molar refractivity (Wildman–Crippen MR) is 104 cm³/mol. The SMILES string of the molecule is Cc1noc(CCCNC(=O)C2CCCN(S(=O)(=O)c3ccc(Br)s3)C2)n1. The zero-order valence-corrected chi connectivity index (χ0v) is 18.1. The number of sulfonamides is 1. The summed E-state index contributed by atoms with van der Waals surface area (Å²) >= 11 is 4.47. The molecule has 3 heterocycles. The Morgan fingerprint density at radius 1 is 1.48 bits per heavy atom. The van der Waals surface area contributed by atoms with Crippen molar-refractivity contribution in [3.05, 3.63) is 27.6 Å². The fourth-order valence-electron chi connectivity index (χ4n) is 2.98. The minimum atomic E-state index is -3.55. The first kappa shape index (κ1) is 20.4. The Morgan fingerprint density at radius 3 is 2.96 bits per heavy atom. The molecule has 0 aliphatic carbocycles. The number of nitrogens with one attached hydrogen (secondary N) is 1. The van der Waals surface area contributed by atoms with Crippen LogP contribution >= 0.6 is 27.3 Å². The molecule has 1 atom stereocenters. The van der Waals surface area contributed by atoms with Gasteiger partial charge in [-0.25, -0.2) is 8.42 Å². The molecule has 1 aliphatic rings. The van der Waals surface area contributed by atoms with E-state index in [1.54, 1.807) is 19.1 Å². The summed E-state index contributed by atoms with van der Waals surface area (Å²) in [7, 11) is -3.55. The molecule has 0 saturated carbocycles. The molecule has 1 amide bonds. The van der Waals surface area contributed by atoms with Crippen LogP contribution in [0, 0.1) is 12.8 Å². The third-order valence-electron chi connectivity index (χ3n) is 4.33. The molecule has 2 aromatic heterocycles. The quantitative estimate of drug-likeness (QED) is 0.614. The average Bonchev–Trinajstić information content (AvgIpc) is 3.27. The molecule has 11 heteroatoms. The van der Waals surface area contributed by atoms with Crippen molar-refractivity contribution in [3.63, 3.8) is 0 Å². The predicted octanol–water partition coefficient (Wildman–Crippen LogP) is 2.35. The summed E-state index contributed by atoms with van der Waals surface area (Å²) in [6.45, 7) is 2.90. The van der Waals surface area contributed by atoms with Crippen molar-refractivity contribution in [2.45, 2.75) is 36.8 Å². The summed E-state index contributed by atoms with van der Waals surface area (Å²) < 4.78 is 33.0. The molecular formula is C16H21BrN4O4S2. The fraction of sp³-hybridized carbons (Fsp3) is 0.562. The van der Waals surface area contributed by atoms with E-state index in [1.165, 1.54) is 15.6 Å². The number of hydrogen-bond donors (Lipinski definition) is 1. The maximum atomic E-state index is 12.7. The number of piperidine rings is 1. The monoisotopic (exact) mass is 476 g/mol. The Labute approximate surface area is 170 Å². The summed E-state index contributed by atoms with van der Waals surface area (Å²) in [6.07, 6.45) is 2.64. The Kier molecular flexibility index (Phi) is 6.66. The molecule has 0 bridgehead atoms. The lowest BCUT2D eigenvalue weighted by molar-refractivity contribution is -0.126. The Bertz CT molecular complexity index is 896. The van der Waals surface area contributed by atoms with E-state index >= 15 is 0 Å². The molecular weight excluding hydrogens is 456 g/mol. The number of carbonyl (C=O) groups is 1. The zero-order chi connectivity index (χ0) is 19.4. The number of nitrogens with zero attached hydrogens (tertiary/aromatic N) is 3. The number of hydrogen-bond acceptors (Lipinski definition) is 7. The number of amides is 1. The zero-order valence-electron chi connectivity index (χ0n) is 14.9. The van der Waals surface area contributed by atoms with Crippen molar-refractivity contribution < 1.29 is 17.7 Å². The van der Waals surface area contributed by atoms with Crippen molar-refractivity contribution in [2.75, 3.05) is 19.6 Å². The molecule has 1 saturated heterocycles. The number of halogens is 1. The molecule has 1 aliphatic heterocycles. The summed E-state index contributed by atoms with van der Waals surface area (Å²) in [4.78, 5) is 16.6. The standard InChI is InChI=1S/C16H21BrN4O4S2/c1-11-19-14(25-20-11)5-2-8-18-16(22)12-4-3-9-21(10-12)27(23,24)15-7-6-13(17)26-15/h6-7,12H,2-5,8-10H2,1H3,(H,18,22). The van der Waals surface area contributed by atoms with Crippen LogP contribution in [0.25, 0.3) is 0 Å². The van der Waals surface area contributed by atoms with Gasteiger partial charge in [0.2, 0.25) is 11.8 Å². The van der Waals surface area contributed by atoms with E-state index < -0.39 is 10.0 Å². The van der Waals surface area contributed by atoms with Gasteiger partial charge in [0.05, 0.1) is 9.70 Å². The average molecular weight is 477 g/mol. The third kappa shape index (κ3) is 5.15. The lowest BCUT2D eigenvalue weighted by Gasteiger charge is -2.30. The molecule has 8 nitrogen and oxygen atoms in total. The first-order valence-electron chi connectivity index (χ1n) is 8.68. The molecule has 0 aromatic carbocycles. The lowest BCUT2D eigenvalue weighted by Crippen LogP contribution is -2.45. The van der Waals surface area contributed by atoms with Crippen LogP contribution in [0.5, 0.6) is 0 Å². The van der Waals surface area contributed by atoms with E-state index in [0.29, 0.717) is 54.7 Å². The van der Waals surface area contributed by atoms with Gasteiger partial charge in [0.1, 0.15) is 4.21 Å². The number of thiophene rings is 1. The van der Waals surface area contributed by atoms with Crippen LogP contribution in [0.15, 0.2) is 24.7 Å². The maximum absolute atomic E-state index is 12.7. The molecule has 1 N–H and O–H groups in total. The number of aromatic nitrogens is 2. The van der Waals surface area contributed by atoms with E-state index in [4.69, 9.17) is 4.52 Å². The summed E-state index contributed by atoms with van der Waals surface area (Å²) in [6, 6.07) is 3.31. The van der Waals surface area contributed by atoms with Crippen LogP contribution < -0.4 is 5.32 Å².